The molecule has 2 heterocycles. The Morgan fingerprint density at radius 1 is 1.03 bits per heavy atom. The number of hydrogen-bond acceptors (Lipinski definition) is 5. The number of nitrogens with zero attached hydrogens (tertiary/aromatic N) is 1. The summed E-state index contributed by atoms with van der Waals surface area (Å²) in [6.45, 7) is 0.457. The number of rotatable bonds is 4. The number of anilines is 1. The Balaban J connectivity index is 1.82. The fourth-order valence-corrected chi connectivity index (χ4v) is 4.35. The van der Waals surface area contributed by atoms with Crippen molar-refractivity contribution in [3.8, 4) is 0 Å². The van der Waals surface area contributed by atoms with Crippen LogP contribution in [0.3, 0.4) is 0 Å². The quantitative estimate of drug-likeness (QED) is 0.678. The molecule has 1 aliphatic heterocycles. The van der Waals surface area contributed by atoms with Gasteiger partial charge in [0.25, 0.3) is 5.56 Å². The maximum atomic E-state index is 13.6. The molecule has 31 heavy (non-hydrogen) atoms. The van der Waals surface area contributed by atoms with Crippen LogP contribution >= 0.6 is 0 Å². The summed E-state index contributed by atoms with van der Waals surface area (Å²) in [6, 6.07) is 12.8. The molecular weight excluding hydrogens is 401 g/mol. The van der Waals surface area contributed by atoms with E-state index in [9.17, 15) is 18.8 Å². The van der Waals surface area contributed by atoms with Crippen LogP contribution in [0.15, 0.2) is 63.7 Å². The van der Waals surface area contributed by atoms with Crippen LogP contribution in [0.2, 0.25) is 0 Å². The van der Waals surface area contributed by atoms with Gasteiger partial charge < -0.3 is 10.1 Å². The highest BCUT2D eigenvalue weighted by molar-refractivity contribution is 6.23. The summed E-state index contributed by atoms with van der Waals surface area (Å²) in [4.78, 5) is 41.3. The van der Waals surface area contributed by atoms with Crippen LogP contribution in [0, 0.1) is 5.82 Å². The predicted octanol–water partition coefficient (Wildman–Crippen LogP) is 2.49. The van der Waals surface area contributed by atoms with E-state index in [1.165, 1.54) is 23.8 Å². The maximum Gasteiger partial charge on any atom is 0.330 e. The highest BCUT2D eigenvalue weighted by atomic mass is 19.1. The van der Waals surface area contributed by atoms with Crippen LogP contribution < -0.4 is 16.6 Å². The molecule has 1 aliphatic carbocycles. The highest BCUT2D eigenvalue weighted by Crippen LogP contribution is 2.47. The van der Waals surface area contributed by atoms with E-state index in [4.69, 9.17) is 4.74 Å². The summed E-state index contributed by atoms with van der Waals surface area (Å²) in [5.41, 5.74) is 1.83. The third-order valence-electron chi connectivity index (χ3n) is 5.73. The van der Waals surface area contributed by atoms with Gasteiger partial charge in [0, 0.05) is 29.7 Å². The van der Waals surface area contributed by atoms with Gasteiger partial charge in [0.05, 0.1) is 24.4 Å². The minimum Gasteiger partial charge on any atom is -0.383 e. The van der Waals surface area contributed by atoms with Crippen molar-refractivity contribution in [1.82, 2.24) is 9.55 Å². The first-order chi connectivity index (χ1) is 15.0. The third-order valence-corrected chi connectivity index (χ3v) is 5.73. The van der Waals surface area contributed by atoms with Crippen molar-refractivity contribution in [2.45, 2.75) is 12.5 Å². The van der Waals surface area contributed by atoms with Crippen molar-refractivity contribution in [2.75, 3.05) is 19.0 Å². The molecular formula is C23H18FN3O4. The van der Waals surface area contributed by atoms with Crippen molar-refractivity contribution in [3.05, 3.63) is 103 Å². The van der Waals surface area contributed by atoms with E-state index in [1.54, 1.807) is 24.3 Å². The van der Waals surface area contributed by atoms with E-state index in [2.05, 4.69) is 10.3 Å². The molecule has 1 aromatic heterocycles. The van der Waals surface area contributed by atoms with Gasteiger partial charge in [-0.15, -0.1) is 0 Å². The predicted molar refractivity (Wildman–Crippen MR) is 113 cm³/mol. The largest absolute Gasteiger partial charge is 0.383 e. The molecule has 2 N–H and O–H groups in total. The molecule has 156 valence electrons. The zero-order chi connectivity index (χ0) is 21.7. The molecule has 3 aromatic rings. The summed E-state index contributed by atoms with van der Waals surface area (Å²) in [5.74, 6) is -1.08. The second-order valence-electron chi connectivity index (χ2n) is 7.44. The van der Waals surface area contributed by atoms with Gasteiger partial charge in [-0.05, 0) is 17.7 Å². The zero-order valence-electron chi connectivity index (χ0n) is 16.6. The minimum absolute atomic E-state index is 0.202. The van der Waals surface area contributed by atoms with E-state index in [1.807, 2.05) is 12.1 Å². The molecule has 5 rings (SSSR count). The van der Waals surface area contributed by atoms with Gasteiger partial charge in [0.15, 0.2) is 5.78 Å². The first-order valence-corrected chi connectivity index (χ1v) is 9.78. The van der Waals surface area contributed by atoms with E-state index in [0.29, 0.717) is 33.8 Å². The van der Waals surface area contributed by atoms with Crippen LogP contribution in [0.25, 0.3) is 5.70 Å². The second-order valence-corrected chi connectivity index (χ2v) is 7.44. The molecule has 0 bridgehead atoms. The van der Waals surface area contributed by atoms with Crippen LogP contribution in [-0.4, -0.2) is 29.1 Å². The lowest BCUT2D eigenvalue weighted by Gasteiger charge is -2.29. The number of methoxy groups -OCH3 is 1. The number of aromatic amines is 1. The number of ketones is 1. The first-order valence-electron chi connectivity index (χ1n) is 9.78. The van der Waals surface area contributed by atoms with Crippen molar-refractivity contribution in [1.29, 1.82) is 0 Å². The summed E-state index contributed by atoms with van der Waals surface area (Å²) in [6.07, 6.45) is 0. The number of H-pyrrole nitrogens is 1. The topological polar surface area (TPSA) is 93.2 Å². The lowest BCUT2D eigenvalue weighted by molar-refractivity contribution is 0.103. The Hall–Kier alpha value is -3.78. The normalized spacial score (nSPS) is 16.6. The molecule has 7 nitrogen and oxygen atoms in total. The average molecular weight is 419 g/mol. The van der Waals surface area contributed by atoms with Crippen LogP contribution in [0.5, 0.6) is 0 Å². The Bertz CT molecular complexity index is 1370. The number of aromatic nitrogens is 2. The number of carbonyl (C=O) groups is 1. The molecule has 0 radical (unpaired) electrons. The fourth-order valence-electron chi connectivity index (χ4n) is 4.35. The van der Waals surface area contributed by atoms with E-state index < -0.39 is 23.0 Å². The molecule has 8 heteroatoms. The molecule has 0 amide bonds. The number of halogens is 1. The number of carbonyl (C=O) groups excluding carboxylic acids is 1. The highest BCUT2D eigenvalue weighted by Gasteiger charge is 2.42. The summed E-state index contributed by atoms with van der Waals surface area (Å²) in [7, 11) is 1.52. The van der Waals surface area contributed by atoms with Crippen molar-refractivity contribution in [3.63, 3.8) is 0 Å². The van der Waals surface area contributed by atoms with Gasteiger partial charge in [0.2, 0.25) is 0 Å². The van der Waals surface area contributed by atoms with Crippen LogP contribution in [-0.2, 0) is 11.3 Å². The van der Waals surface area contributed by atoms with E-state index in [-0.39, 0.29) is 24.5 Å². The van der Waals surface area contributed by atoms with Gasteiger partial charge >= 0.3 is 5.69 Å². The van der Waals surface area contributed by atoms with Crippen molar-refractivity contribution in [2.24, 2.45) is 0 Å². The SMILES string of the molecule is COCCn1c2c(c(=O)[nH]c1=O)[C@@H](c1ccc(F)cc1)C1=C(N2)c2ccccc2C1=O. The molecule has 0 fully saturated rings. The van der Waals surface area contributed by atoms with Crippen LogP contribution in [0.4, 0.5) is 10.2 Å². The number of hydrogen-bond donors (Lipinski definition) is 2. The number of benzene rings is 2. The fraction of sp³-hybridized carbons (Fsp3) is 0.174. The van der Waals surface area contributed by atoms with Crippen molar-refractivity contribution < 1.29 is 13.9 Å². The van der Waals surface area contributed by atoms with Gasteiger partial charge in [-0.1, -0.05) is 36.4 Å². The molecule has 2 aliphatic rings. The standard InChI is InChI=1S/C23H18FN3O4/c1-31-11-10-27-21-18(22(29)26-23(27)30)16(12-6-8-13(24)9-7-12)17-19(25-21)14-4-2-3-5-15(14)20(17)28/h2-9,16,25H,10-11H2,1H3,(H,26,29,30)/t16-/m0/s1. The molecule has 1 atom stereocenters. The molecule has 0 spiro atoms. The van der Waals surface area contributed by atoms with Gasteiger partial charge in [-0.2, -0.15) is 0 Å². The number of nitrogens with one attached hydrogen (secondary N) is 2. The Morgan fingerprint density at radius 3 is 2.45 bits per heavy atom. The lowest BCUT2D eigenvalue weighted by Crippen LogP contribution is -2.38. The maximum absolute atomic E-state index is 13.6. The second kappa shape index (κ2) is 7.17. The van der Waals surface area contributed by atoms with Crippen molar-refractivity contribution >= 4 is 17.3 Å². The Labute approximate surface area is 175 Å². The van der Waals surface area contributed by atoms with E-state index >= 15 is 0 Å². The first kappa shape index (κ1) is 19.2. The number of fused-ring (bicyclic) bond motifs is 3. The smallest absolute Gasteiger partial charge is 0.330 e. The molecule has 0 unspecified atom stereocenters. The number of ether oxygens (including phenoxy) is 1. The van der Waals surface area contributed by atoms with Crippen LogP contribution in [0.1, 0.15) is 33.0 Å². The lowest BCUT2D eigenvalue weighted by atomic mass is 9.81. The Morgan fingerprint density at radius 2 is 1.74 bits per heavy atom. The van der Waals surface area contributed by atoms with E-state index in [0.717, 1.165) is 0 Å². The van der Waals surface area contributed by atoms with Gasteiger partial charge in [-0.3, -0.25) is 19.1 Å². The zero-order valence-corrected chi connectivity index (χ0v) is 16.6. The Kier molecular flexibility index (Phi) is 4.44. The molecule has 0 saturated heterocycles. The minimum atomic E-state index is -0.759. The summed E-state index contributed by atoms with van der Waals surface area (Å²) in [5, 5.41) is 3.19. The van der Waals surface area contributed by atoms with Gasteiger partial charge in [0.1, 0.15) is 11.6 Å². The molecule has 2 aromatic carbocycles. The average Bonchev–Trinajstić information content (AvgIpc) is 3.05. The molecule has 0 saturated carbocycles. The number of Topliss-reactive ketones (excluding diaryl/α,β-unsaturated/α-hetero) is 1. The monoisotopic (exact) mass is 419 g/mol. The van der Waals surface area contributed by atoms with Gasteiger partial charge in [-0.25, -0.2) is 9.18 Å². The summed E-state index contributed by atoms with van der Waals surface area (Å²) < 4.78 is 20.1. The summed E-state index contributed by atoms with van der Waals surface area (Å²) >= 11 is 0. The third kappa shape index (κ3) is 2.87. The number of allylic oxidation sites excluding steroid dienone is 1.